The number of halogens is 6. The number of fused-ring (bicyclic) bond motifs is 1. The number of aliphatic imine (C=N–C) groups is 1. The van der Waals surface area contributed by atoms with Gasteiger partial charge in [-0.25, -0.2) is 0 Å². The highest BCUT2D eigenvalue weighted by Gasteiger charge is 2.59. The van der Waals surface area contributed by atoms with E-state index >= 15 is 0 Å². The number of thioether (sulfide) groups is 1. The van der Waals surface area contributed by atoms with Gasteiger partial charge in [0.25, 0.3) is 12.0 Å². The van der Waals surface area contributed by atoms with Crippen LogP contribution < -0.4 is 10.5 Å². The van der Waals surface area contributed by atoms with E-state index in [2.05, 4.69) is 14.7 Å². The van der Waals surface area contributed by atoms with Crippen molar-refractivity contribution in [3.05, 3.63) is 40.4 Å². The maximum absolute atomic E-state index is 12.9. The lowest BCUT2D eigenvalue weighted by Crippen LogP contribution is -2.46. The summed E-state index contributed by atoms with van der Waals surface area (Å²) in [7, 11) is 0. The number of nitrogens with zero attached hydrogens (tertiary/aromatic N) is 3. The van der Waals surface area contributed by atoms with Crippen molar-refractivity contribution >= 4 is 39.8 Å². The third-order valence-electron chi connectivity index (χ3n) is 3.73. The average molecular weight is 446 g/mol. The number of carbonyl (C=O) groups excluding carboxylic acids is 1. The Bertz CT molecular complexity index is 1120. The Labute approximate surface area is 168 Å². The van der Waals surface area contributed by atoms with Gasteiger partial charge in [0.15, 0.2) is 5.17 Å². The van der Waals surface area contributed by atoms with Gasteiger partial charge < -0.3 is 10.5 Å². The lowest BCUT2D eigenvalue weighted by molar-refractivity contribution is -0.299. The first kappa shape index (κ1) is 21.4. The molecule has 0 radical (unpaired) electrons. The van der Waals surface area contributed by atoms with Crippen LogP contribution in [0.3, 0.4) is 0 Å². The Balaban J connectivity index is 2.14. The number of amidine groups is 1. The number of hydrogen-bond donors (Lipinski definition) is 1. The molecule has 2 aromatic rings. The van der Waals surface area contributed by atoms with Gasteiger partial charge in [-0.15, -0.1) is 0 Å². The lowest BCUT2D eigenvalue weighted by atomic mass is 10.1. The van der Waals surface area contributed by atoms with E-state index in [9.17, 15) is 31.1 Å². The molecule has 0 spiro atoms. The fraction of sp³-hybridized carbons (Fsp3) is 0.176. The average Bonchev–Trinajstić information content (AvgIpc) is 2.94. The van der Waals surface area contributed by atoms with Gasteiger partial charge in [-0.1, -0.05) is 6.07 Å². The van der Waals surface area contributed by atoms with Crippen LogP contribution in [0.25, 0.3) is 17.0 Å². The van der Waals surface area contributed by atoms with E-state index in [0.717, 1.165) is 24.0 Å². The van der Waals surface area contributed by atoms with Crippen molar-refractivity contribution in [2.24, 2.45) is 10.7 Å². The Morgan fingerprint density at radius 1 is 1.20 bits per heavy atom. The summed E-state index contributed by atoms with van der Waals surface area (Å²) in [6, 6.07) is 5.34. The highest BCUT2D eigenvalue weighted by Crippen LogP contribution is 2.39. The number of rotatable bonds is 3. The minimum Gasteiger partial charge on any atom is -0.469 e. The number of hydrogen-bond acceptors (Lipinski definition) is 6. The van der Waals surface area contributed by atoms with E-state index in [0.29, 0.717) is 0 Å². The van der Waals surface area contributed by atoms with Gasteiger partial charge in [-0.2, -0.15) is 36.6 Å². The molecule has 0 bridgehead atoms. The number of carbonyl (C=O) groups is 1. The number of benzene rings is 1. The van der Waals surface area contributed by atoms with Gasteiger partial charge in [0, 0.05) is 11.6 Å². The second-order valence-electron chi connectivity index (χ2n) is 5.84. The molecule has 0 aliphatic carbocycles. The van der Waals surface area contributed by atoms with Crippen LogP contribution in [-0.2, 0) is 4.79 Å². The smallest absolute Gasteiger partial charge is 0.434 e. The van der Waals surface area contributed by atoms with E-state index < -0.39 is 35.7 Å². The number of pyridine rings is 1. The largest absolute Gasteiger partial charge is 0.469 e. The molecule has 1 aliphatic heterocycles. The van der Waals surface area contributed by atoms with Crippen LogP contribution in [-0.4, -0.2) is 34.5 Å². The Morgan fingerprint density at radius 3 is 2.40 bits per heavy atom. The maximum atomic E-state index is 12.9. The summed E-state index contributed by atoms with van der Waals surface area (Å²) in [6.45, 7) is 0. The van der Waals surface area contributed by atoms with Crippen LogP contribution in [0.1, 0.15) is 11.1 Å². The Kier molecular flexibility index (Phi) is 5.38. The summed E-state index contributed by atoms with van der Waals surface area (Å²) in [5.41, 5.74) is 5.01. The van der Waals surface area contributed by atoms with Crippen LogP contribution in [0.15, 0.2) is 34.3 Å². The molecule has 30 heavy (non-hydrogen) atoms. The SMILES string of the molecule is N#Cc1cnc2ccc(C=C3SC(N)=NC3=O)cc2c1OC(C(F)(F)F)C(F)(F)F. The zero-order valence-electron chi connectivity index (χ0n) is 14.4. The van der Waals surface area contributed by atoms with E-state index in [4.69, 9.17) is 11.0 Å². The first-order valence-corrected chi connectivity index (χ1v) is 8.63. The highest BCUT2D eigenvalue weighted by molar-refractivity contribution is 8.18. The molecule has 1 aromatic carbocycles. The van der Waals surface area contributed by atoms with Gasteiger partial charge >= 0.3 is 12.4 Å². The molecule has 156 valence electrons. The molecule has 0 fully saturated rings. The Hall–Kier alpha value is -3.27. The van der Waals surface area contributed by atoms with Crippen molar-refractivity contribution in [3.63, 3.8) is 0 Å². The van der Waals surface area contributed by atoms with Crippen LogP contribution in [0, 0.1) is 11.3 Å². The first-order chi connectivity index (χ1) is 13.9. The summed E-state index contributed by atoms with van der Waals surface area (Å²) >= 11 is 0.846. The number of alkyl halides is 6. The van der Waals surface area contributed by atoms with Crippen LogP contribution in [0.4, 0.5) is 26.3 Å². The number of aromatic nitrogens is 1. The summed E-state index contributed by atoms with van der Waals surface area (Å²) in [6.07, 6.45) is -13.6. The minimum absolute atomic E-state index is 0.0114. The summed E-state index contributed by atoms with van der Waals surface area (Å²) < 4.78 is 82.0. The van der Waals surface area contributed by atoms with Crippen molar-refractivity contribution < 1.29 is 35.9 Å². The van der Waals surface area contributed by atoms with Crippen molar-refractivity contribution in [3.8, 4) is 11.8 Å². The molecule has 0 atom stereocenters. The molecule has 6 nitrogen and oxygen atoms in total. The molecule has 1 aromatic heterocycles. The zero-order chi connectivity index (χ0) is 22.3. The van der Waals surface area contributed by atoms with Gasteiger partial charge in [-0.3, -0.25) is 9.78 Å². The predicted molar refractivity (Wildman–Crippen MR) is 95.2 cm³/mol. The molecule has 0 unspecified atom stereocenters. The minimum atomic E-state index is -5.78. The second kappa shape index (κ2) is 7.52. The molecule has 0 saturated heterocycles. The number of ether oxygens (including phenoxy) is 1. The van der Waals surface area contributed by atoms with E-state index in [1.165, 1.54) is 24.3 Å². The van der Waals surface area contributed by atoms with Gasteiger partial charge in [0.2, 0.25) is 0 Å². The molecule has 1 amide bonds. The molecular weight excluding hydrogens is 438 g/mol. The summed E-state index contributed by atoms with van der Waals surface area (Å²) in [5, 5.41) is 8.85. The molecule has 1 aliphatic rings. The van der Waals surface area contributed by atoms with Crippen LogP contribution in [0.2, 0.25) is 0 Å². The molecule has 2 heterocycles. The highest BCUT2D eigenvalue weighted by atomic mass is 32.2. The summed E-state index contributed by atoms with van der Waals surface area (Å²) in [4.78, 5) is 19.1. The monoisotopic (exact) mass is 446 g/mol. The standard InChI is InChI=1S/C17H8F6N4O2S/c18-16(19,20)14(17(21,22)23)29-12-8(5-24)6-26-10-2-1-7(3-9(10)12)4-11-13(28)27-15(25)30-11/h1-4,6,14H,(H2,25,27,28). The van der Waals surface area contributed by atoms with Crippen molar-refractivity contribution in [2.45, 2.75) is 18.5 Å². The third-order valence-corrected chi connectivity index (χ3v) is 4.54. The van der Waals surface area contributed by atoms with E-state index in [1.807, 2.05) is 0 Å². The number of amides is 1. The number of nitriles is 1. The molecule has 0 saturated carbocycles. The van der Waals surface area contributed by atoms with E-state index in [1.54, 1.807) is 0 Å². The first-order valence-electron chi connectivity index (χ1n) is 7.81. The fourth-order valence-corrected chi connectivity index (χ4v) is 3.18. The fourth-order valence-electron chi connectivity index (χ4n) is 2.50. The van der Waals surface area contributed by atoms with Crippen molar-refractivity contribution in [1.82, 2.24) is 4.98 Å². The van der Waals surface area contributed by atoms with Crippen molar-refractivity contribution in [1.29, 1.82) is 5.26 Å². The van der Waals surface area contributed by atoms with E-state index in [-0.39, 0.29) is 26.5 Å². The molecule has 2 N–H and O–H groups in total. The topological polar surface area (TPSA) is 101 Å². The predicted octanol–water partition coefficient (Wildman–Crippen LogP) is 3.91. The number of nitrogens with two attached hydrogens (primary N) is 1. The van der Waals surface area contributed by atoms with Crippen molar-refractivity contribution in [2.75, 3.05) is 0 Å². The van der Waals surface area contributed by atoms with Gasteiger partial charge in [0.05, 0.1) is 10.4 Å². The summed E-state index contributed by atoms with van der Waals surface area (Å²) in [5.74, 6) is -1.57. The molecule has 3 rings (SSSR count). The quantitative estimate of drug-likeness (QED) is 0.567. The Morgan fingerprint density at radius 2 is 1.87 bits per heavy atom. The normalized spacial score (nSPS) is 16.3. The molecular formula is C17H8F6N4O2S. The van der Waals surface area contributed by atoms with Crippen LogP contribution >= 0.6 is 11.8 Å². The third kappa shape index (κ3) is 4.33. The van der Waals surface area contributed by atoms with Crippen LogP contribution in [0.5, 0.6) is 5.75 Å². The zero-order valence-corrected chi connectivity index (χ0v) is 15.2. The maximum Gasteiger partial charge on any atom is 0.434 e. The van der Waals surface area contributed by atoms with Gasteiger partial charge in [-0.05, 0) is 35.5 Å². The lowest BCUT2D eigenvalue weighted by Gasteiger charge is -2.24. The second-order valence-corrected chi connectivity index (χ2v) is 6.90. The molecule has 13 heteroatoms. The van der Waals surface area contributed by atoms with Gasteiger partial charge in [0.1, 0.15) is 17.4 Å².